The highest BCUT2D eigenvalue weighted by molar-refractivity contribution is 5.12. The molecule has 0 aliphatic carbocycles. The van der Waals surface area contributed by atoms with Crippen LogP contribution in [0.2, 0.25) is 0 Å². The van der Waals surface area contributed by atoms with Crippen LogP contribution in [0.25, 0.3) is 0 Å². The van der Waals surface area contributed by atoms with Gasteiger partial charge in [-0.15, -0.1) is 0 Å². The minimum atomic E-state index is 0.168. The fourth-order valence-corrected chi connectivity index (χ4v) is 1.86. The van der Waals surface area contributed by atoms with E-state index in [9.17, 15) is 0 Å². The number of hydrogen-bond donors (Lipinski definition) is 1. The van der Waals surface area contributed by atoms with E-state index in [4.69, 9.17) is 0 Å². The van der Waals surface area contributed by atoms with Crippen LogP contribution in [0.5, 0.6) is 0 Å². The molecule has 0 radical (unpaired) electrons. The van der Waals surface area contributed by atoms with E-state index in [1.54, 1.807) is 12.5 Å². The Balaban J connectivity index is 2.17. The minimum absolute atomic E-state index is 0.168. The third-order valence-electron chi connectivity index (χ3n) is 2.77. The molecule has 2 aromatic heterocycles. The zero-order valence-corrected chi connectivity index (χ0v) is 10.2. The Hall–Kier alpha value is -1.75. The van der Waals surface area contributed by atoms with Crippen molar-refractivity contribution in [2.75, 3.05) is 7.05 Å². The highest BCUT2D eigenvalue weighted by atomic mass is 15.3. The van der Waals surface area contributed by atoms with E-state index in [1.165, 1.54) is 5.56 Å². The maximum Gasteiger partial charge on any atom is 0.144 e. The van der Waals surface area contributed by atoms with E-state index in [0.29, 0.717) is 0 Å². The van der Waals surface area contributed by atoms with Gasteiger partial charge in [-0.3, -0.25) is 4.98 Å². The van der Waals surface area contributed by atoms with Crippen LogP contribution in [0.3, 0.4) is 0 Å². The molecule has 0 saturated carbocycles. The van der Waals surface area contributed by atoms with Crippen molar-refractivity contribution in [1.29, 1.82) is 0 Å². The van der Waals surface area contributed by atoms with E-state index in [-0.39, 0.29) is 6.04 Å². The summed E-state index contributed by atoms with van der Waals surface area (Å²) >= 11 is 0. The van der Waals surface area contributed by atoms with E-state index in [0.717, 1.165) is 18.8 Å². The smallest absolute Gasteiger partial charge is 0.144 e. The van der Waals surface area contributed by atoms with Gasteiger partial charge in [0.05, 0.1) is 6.04 Å². The molecule has 0 fully saturated rings. The second-order valence-corrected chi connectivity index (χ2v) is 3.84. The van der Waals surface area contributed by atoms with Crippen LogP contribution in [-0.4, -0.2) is 26.8 Å². The lowest BCUT2D eigenvalue weighted by Crippen LogP contribution is -2.23. The molecule has 0 aromatic carbocycles. The highest BCUT2D eigenvalue weighted by Crippen LogP contribution is 2.15. The van der Waals surface area contributed by atoms with Gasteiger partial charge in [0.2, 0.25) is 0 Å². The molecule has 5 nitrogen and oxygen atoms in total. The fourth-order valence-electron chi connectivity index (χ4n) is 1.86. The number of aromatic nitrogens is 4. The molecule has 0 bridgehead atoms. The molecular formula is C12H17N5. The molecule has 5 heteroatoms. The Kier molecular flexibility index (Phi) is 3.82. The zero-order chi connectivity index (χ0) is 12.1. The Bertz CT molecular complexity index is 451. The molecule has 1 unspecified atom stereocenters. The highest BCUT2D eigenvalue weighted by Gasteiger charge is 2.15. The lowest BCUT2D eigenvalue weighted by molar-refractivity contribution is 0.501. The number of nitrogens with one attached hydrogen (secondary N) is 1. The molecule has 2 aromatic rings. The van der Waals surface area contributed by atoms with Crippen molar-refractivity contribution in [3.8, 4) is 0 Å². The van der Waals surface area contributed by atoms with Crippen LogP contribution in [0.1, 0.15) is 24.4 Å². The molecule has 1 N–H and O–H groups in total. The standard InChI is InChI=1S/C12H17N5/c1-3-17-12(15-9-16-17)11(13-2)7-10-5-4-6-14-8-10/h4-6,8-9,11,13H,3,7H2,1-2H3. The number of rotatable bonds is 5. The van der Waals surface area contributed by atoms with E-state index >= 15 is 0 Å². The number of hydrogen-bond acceptors (Lipinski definition) is 4. The lowest BCUT2D eigenvalue weighted by Gasteiger charge is -2.15. The fraction of sp³-hybridized carbons (Fsp3) is 0.417. The average molecular weight is 231 g/mol. The van der Waals surface area contributed by atoms with E-state index in [2.05, 4.69) is 33.4 Å². The van der Waals surface area contributed by atoms with Crippen molar-refractivity contribution in [2.24, 2.45) is 0 Å². The van der Waals surface area contributed by atoms with Crippen molar-refractivity contribution >= 4 is 0 Å². The molecule has 0 amide bonds. The predicted molar refractivity (Wildman–Crippen MR) is 65.4 cm³/mol. The van der Waals surface area contributed by atoms with Gasteiger partial charge in [-0.1, -0.05) is 6.07 Å². The summed E-state index contributed by atoms with van der Waals surface area (Å²) in [7, 11) is 1.94. The summed E-state index contributed by atoms with van der Waals surface area (Å²) in [6.45, 7) is 2.90. The molecule has 0 aliphatic rings. The quantitative estimate of drug-likeness (QED) is 0.840. The first-order chi connectivity index (χ1) is 8.35. The first-order valence-corrected chi connectivity index (χ1v) is 5.79. The number of nitrogens with zero attached hydrogens (tertiary/aromatic N) is 4. The first-order valence-electron chi connectivity index (χ1n) is 5.79. The van der Waals surface area contributed by atoms with Crippen molar-refractivity contribution < 1.29 is 0 Å². The van der Waals surface area contributed by atoms with Gasteiger partial charge >= 0.3 is 0 Å². The van der Waals surface area contributed by atoms with Crippen molar-refractivity contribution in [2.45, 2.75) is 25.9 Å². The predicted octanol–water partition coefficient (Wildman–Crippen LogP) is 1.20. The summed E-state index contributed by atoms with van der Waals surface area (Å²) in [5.74, 6) is 0.971. The average Bonchev–Trinajstić information content (AvgIpc) is 2.85. The molecule has 0 saturated heterocycles. The van der Waals surface area contributed by atoms with E-state index in [1.807, 2.05) is 24.0 Å². The van der Waals surface area contributed by atoms with Crippen LogP contribution in [0, 0.1) is 0 Å². The Labute approximate surface area is 101 Å². The van der Waals surface area contributed by atoms with Gasteiger partial charge in [0.25, 0.3) is 0 Å². The molecule has 17 heavy (non-hydrogen) atoms. The van der Waals surface area contributed by atoms with Gasteiger partial charge in [-0.05, 0) is 32.0 Å². The summed E-state index contributed by atoms with van der Waals surface area (Å²) in [5, 5.41) is 7.47. The summed E-state index contributed by atoms with van der Waals surface area (Å²) in [6, 6.07) is 4.19. The van der Waals surface area contributed by atoms with Crippen LogP contribution in [-0.2, 0) is 13.0 Å². The SMILES string of the molecule is CCn1ncnc1C(Cc1cccnc1)NC. The zero-order valence-electron chi connectivity index (χ0n) is 10.2. The van der Waals surface area contributed by atoms with Crippen LogP contribution < -0.4 is 5.32 Å². The van der Waals surface area contributed by atoms with E-state index < -0.39 is 0 Å². The maximum absolute atomic E-state index is 4.32. The van der Waals surface area contributed by atoms with Gasteiger partial charge in [0.15, 0.2) is 0 Å². The normalized spacial score (nSPS) is 12.6. The van der Waals surface area contributed by atoms with Crippen molar-refractivity contribution in [3.05, 3.63) is 42.2 Å². The van der Waals surface area contributed by atoms with Gasteiger partial charge in [-0.25, -0.2) is 9.67 Å². The molecule has 0 aliphatic heterocycles. The molecule has 2 heterocycles. The van der Waals surface area contributed by atoms with Gasteiger partial charge in [0.1, 0.15) is 12.2 Å². The maximum atomic E-state index is 4.32. The van der Waals surface area contributed by atoms with Crippen LogP contribution in [0.15, 0.2) is 30.9 Å². The number of aryl methyl sites for hydroxylation is 1. The second-order valence-electron chi connectivity index (χ2n) is 3.84. The third kappa shape index (κ3) is 2.68. The molecule has 90 valence electrons. The van der Waals surface area contributed by atoms with Gasteiger partial charge in [0, 0.05) is 18.9 Å². The molecule has 0 spiro atoms. The van der Waals surface area contributed by atoms with Crippen molar-refractivity contribution in [3.63, 3.8) is 0 Å². The molecule has 1 atom stereocenters. The lowest BCUT2D eigenvalue weighted by atomic mass is 10.1. The first kappa shape index (κ1) is 11.7. The number of pyridine rings is 1. The van der Waals surface area contributed by atoms with Crippen LogP contribution >= 0.6 is 0 Å². The molecular weight excluding hydrogens is 214 g/mol. The van der Waals surface area contributed by atoms with Gasteiger partial charge < -0.3 is 5.32 Å². The summed E-state index contributed by atoms with van der Waals surface area (Å²) in [5.41, 5.74) is 1.19. The van der Waals surface area contributed by atoms with Crippen molar-refractivity contribution in [1.82, 2.24) is 25.1 Å². The second kappa shape index (κ2) is 5.54. The molecule has 2 rings (SSSR count). The Morgan fingerprint density at radius 1 is 1.47 bits per heavy atom. The van der Waals surface area contributed by atoms with Gasteiger partial charge in [-0.2, -0.15) is 5.10 Å². The number of likely N-dealkylation sites (N-methyl/N-ethyl adjacent to an activating group) is 1. The Morgan fingerprint density at radius 3 is 3.00 bits per heavy atom. The third-order valence-corrected chi connectivity index (χ3v) is 2.77. The summed E-state index contributed by atoms with van der Waals surface area (Å²) in [6.07, 6.45) is 6.14. The topological polar surface area (TPSA) is 55.6 Å². The summed E-state index contributed by atoms with van der Waals surface area (Å²) in [4.78, 5) is 8.45. The monoisotopic (exact) mass is 231 g/mol. The van der Waals surface area contributed by atoms with Crippen LogP contribution in [0.4, 0.5) is 0 Å². The largest absolute Gasteiger partial charge is 0.310 e. The minimum Gasteiger partial charge on any atom is -0.310 e. The summed E-state index contributed by atoms with van der Waals surface area (Å²) < 4.78 is 1.91. The Morgan fingerprint density at radius 2 is 2.35 bits per heavy atom.